The number of anilines is 2. The van der Waals surface area contributed by atoms with Crippen molar-refractivity contribution in [1.29, 1.82) is 0 Å². The van der Waals surface area contributed by atoms with Gasteiger partial charge in [0.15, 0.2) is 5.82 Å². The second-order valence-corrected chi connectivity index (χ2v) is 8.93. The van der Waals surface area contributed by atoms with E-state index < -0.39 is 10.0 Å². The van der Waals surface area contributed by atoms with Crippen molar-refractivity contribution < 1.29 is 13.2 Å². The van der Waals surface area contributed by atoms with E-state index in [2.05, 4.69) is 20.4 Å². The van der Waals surface area contributed by atoms with Crippen LogP contribution in [-0.4, -0.2) is 68.4 Å². The van der Waals surface area contributed by atoms with E-state index in [0.717, 1.165) is 37.6 Å². The Morgan fingerprint density at radius 2 is 1.82 bits per heavy atom. The summed E-state index contributed by atoms with van der Waals surface area (Å²) in [5.74, 6) is 1.49. The first kappa shape index (κ1) is 19.1. The standard InChI is InChI=1S/C19H25N5O3S/c25-28(26,17-6-2-1-3-7-17)24-12-10-23(11-13-24)19-9-8-18(21-22-19)20-15-16-5-4-14-27-16/h1-3,6-9,16H,4-5,10-15H2,(H,20,21). The molecule has 1 atom stereocenters. The van der Waals surface area contributed by atoms with E-state index in [4.69, 9.17) is 4.74 Å². The zero-order valence-corrected chi connectivity index (χ0v) is 16.5. The van der Waals surface area contributed by atoms with Gasteiger partial charge in [0.1, 0.15) is 5.82 Å². The molecule has 2 aliphatic rings. The summed E-state index contributed by atoms with van der Waals surface area (Å²) in [6, 6.07) is 12.4. The Morgan fingerprint density at radius 1 is 1.04 bits per heavy atom. The molecule has 1 N–H and O–H groups in total. The monoisotopic (exact) mass is 403 g/mol. The molecule has 0 saturated carbocycles. The Labute approximate surface area is 165 Å². The van der Waals surface area contributed by atoms with Crippen LogP contribution < -0.4 is 10.2 Å². The van der Waals surface area contributed by atoms with Gasteiger partial charge in [-0.05, 0) is 37.1 Å². The number of sulfonamides is 1. The van der Waals surface area contributed by atoms with Gasteiger partial charge in [-0.1, -0.05) is 18.2 Å². The molecular formula is C19H25N5O3S. The molecule has 1 aromatic carbocycles. The average molecular weight is 404 g/mol. The van der Waals surface area contributed by atoms with Crippen LogP contribution in [-0.2, 0) is 14.8 Å². The van der Waals surface area contributed by atoms with Crippen molar-refractivity contribution in [1.82, 2.24) is 14.5 Å². The molecule has 9 heteroatoms. The smallest absolute Gasteiger partial charge is 0.243 e. The van der Waals surface area contributed by atoms with Crippen molar-refractivity contribution in [3.63, 3.8) is 0 Å². The van der Waals surface area contributed by atoms with E-state index in [1.165, 1.54) is 4.31 Å². The van der Waals surface area contributed by atoms with Gasteiger partial charge in [0, 0.05) is 39.3 Å². The van der Waals surface area contributed by atoms with Gasteiger partial charge < -0.3 is 15.0 Å². The lowest BCUT2D eigenvalue weighted by atomic mass is 10.2. The SMILES string of the molecule is O=S(=O)(c1ccccc1)N1CCN(c2ccc(NCC3CCCO3)nn2)CC1. The van der Waals surface area contributed by atoms with Crippen molar-refractivity contribution in [2.24, 2.45) is 0 Å². The molecule has 3 heterocycles. The van der Waals surface area contributed by atoms with E-state index >= 15 is 0 Å². The summed E-state index contributed by atoms with van der Waals surface area (Å²) in [5, 5.41) is 11.8. The molecule has 2 fully saturated rings. The highest BCUT2D eigenvalue weighted by Crippen LogP contribution is 2.20. The Morgan fingerprint density at radius 3 is 2.46 bits per heavy atom. The molecule has 4 rings (SSSR count). The average Bonchev–Trinajstić information content (AvgIpc) is 3.27. The third-order valence-electron chi connectivity index (χ3n) is 5.13. The largest absolute Gasteiger partial charge is 0.376 e. The van der Waals surface area contributed by atoms with Crippen LogP contribution in [0.3, 0.4) is 0 Å². The van der Waals surface area contributed by atoms with Gasteiger partial charge in [0.25, 0.3) is 0 Å². The van der Waals surface area contributed by atoms with E-state index in [-0.39, 0.29) is 6.10 Å². The molecule has 0 bridgehead atoms. The molecule has 1 unspecified atom stereocenters. The summed E-state index contributed by atoms with van der Waals surface area (Å²) < 4.78 is 32.6. The number of nitrogens with one attached hydrogen (secondary N) is 1. The van der Waals surface area contributed by atoms with Crippen LogP contribution in [0.25, 0.3) is 0 Å². The van der Waals surface area contributed by atoms with Crippen LogP contribution in [0.2, 0.25) is 0 Å². The second kappa shape index (κ2) is 8.42. The summed E-state index contributed by atoms with van der Waals surface area (Å²) >= 11 is 0. The second-order valence-electron chi connectivity index (χ2n) is 7.00. The Bertz CT molecular complexity index is 862. The number of hydrogen-bond donors (Lipinski definition) is 1. The molecule has 0 aliphatic carbocycles. The highest BCUT2D eigenvalue weighted by Gasteiger charge is 2.28. The molecular weight excluding hydrogens is 378 g/mol. The van der Waals surface area contributed by atoms with Gasteiger partial charge in [-0.15, -0.1) is 10.2 Å². The van der Waals surface area contributed by atoms with E-state index in [1.54, 1.807) is 24.3 Å². The van der Waals surface area contributed by atoms with E-state index in [9.17, 15) is 8.42 Å². The molecule has 28 heavy (non-hydrogen) atoms. The summed E-state index contributed by atoms with van der Waals surface area (Å²) in [6.07, 6.45) is 2.44. The highest BCUT2D eigenvalue weighted by atomic mass is 32.2. The number of hydrogen-bond acceptors (Lipinski definition) is 7. The predicted octanol–water partition coefficient (Wildman–Crippen LogP) is 1.58. The minimum Gasteiger partial charge on any atom is -0.376 e. The van der Waals surface area contributed by atoms with Gasteiger partial charge in [0.05, 0.1) is 11.0 Å². The minimum atomic E-state index is -3.44. The number of rotatable bonds is 6. The highest BCUT2D eigenvalue weighted by molar-refractivity contribution is 7.89. The fourth-order valence-corrected chi connectivity index (χ4v) is 4.95. The molecule has 0 spiro atoms. The third kappa shape index (κ3) is 4.26. The quantitative estimate of drug-likeness (QED) is 0.783. The summed E-state index contributed by atoms with van der Waals surface area (Å²) in [4.78, 5) is 2.40. The molecule has 150 valence electrons. The van der Waals surface area contributed by atoms with Gasteiger partial charge >= 0.3 is 0 Å². The lowest BCUT2D eigenvalue weighted by Gasteiger charge is -2.34. The van der Waals surface area contributed by atoms with E-state index in [1.807, 2.05) is 18.2 Å². The van der Waals surface area contributed by atoms with Crippen molar-refractivity contribution in [3.05, 3.63) is 42.5 Å². The topological polar surface area (TPSA) is 87.7 Å². The first-order chi connectivity index (χ1) is 13.6. The Hall–Kier alpha value is -2.23. The lowest BCUT2D eigenvalue weighted by Crippen LogP contribution is -2.49. The van der Waals surface area contributed by atoms with Crippen LogP contribution in [0, 0.1) is 0 Å². The summed E-state index contributed by atoms with van der Waals surface area (Å²) in [6.45, 7) is 3.61. The van der Waals surface area contributed by atoms with Gasteiger partial charge in [-0.2, -0.15) is 4.31 Å². The summed E-state index contributed by atoms with van der Waals surface area (Å²) in [7, 11) is -3.44. The number of piperazine rings is 1. The van der Waals surface area contributed by atoms with Crippen LogP contribution in [0.1, 0.15) is 12.8 Å². The third-order valence-corrected chi connectivity index (χ3v) is 7.04. The van der Waals surface area contributed by atoms with E-state index in [0.29, 0.717) is 31.1 Å². The number of ether oxygens (including phenoxy) is 1. The number of benzene rings is 1. The van der Waals surface area contributed by atoms with Gasteiger partial charge in [-0.3, -0.25) is 0 Å². The molecule has 0 radical (unpaired) electrons. The first-order valence-corrected chi connectivity index (χ1v) is 11.1. The van der Waals surface area contributed by atoms with Crippen molar-refractivity contribution in [2.75, 3.05) is 49.5 Å². The van der Waals surface area contributed by atoms with Gasteiger partial charge in [0.2, 0.25) is 10.0 Å². The molecule has 2 saturated heterocycles. The molecule has 2 aromatic rings. The first-order valence-electron chi connectivity index (χ1n) is 9.62. The Balaban J connectivity index is 1.32. The van der Waals surface area contributed by atoms with Crippen molar-refractivity contribution in [2.45, 2.75) is 23.8 Å². The summed E-state index contributed by atoms with van der Waals surface area (Å²) in [5.41, 5.74) is 0. The number of nitrogens with zero attached hydrogens (tertiary/aromatic N) is 4. The molecule has 1 aromatic heterocycles. The van der Waals surface area contributed by atoms with Crippen molar-refractivity contribution in [3.8, 4) is 0 Å². The molecule has 2 aliphatic heterocycles. The minimum absolute atomic E-state index is 0.251. The van der Waals surface area contributed by atoms with Crippen LogP contribution in [0.15, 0.2) is 47.4 Å². The van der Waals surface area contributed by atoms with Crippen molar-refractivity contribution >= 4 is 21.7 Å². The normalized spacial score (nSPS) is 21.0. The van der Waals surface area contributed by atoms with Crippen LogP contribution in [0.4, 0.5) is 11.6 Å². The zero-order chi connectivity index (χ0) is 19.4. The number of aromatic nitrogens is 2. The fraction of sp³-hybridized carbons (Fsp3) is 0.474. The van der Waals surface area contributed by atoms with Crippen LogP contribution >= 0.6 is 0 Å². The zero-order valence-electron chi connectivity index (χ0n) is 15.7. The maximum Gasteiger partial charge on any atom is 0.243 e. The molecule has 8 nitrogen and oxygen atoms in total. The predicted molar refractivity (Wildman–Crippen MR) is 107 cm³/mol. The van der Waals surface area contributed by atoms with Crippen LogP contribution in [0.5, 0.6) is 0 Å². The lowest BCUT2D eigenvalue weighted by molar-refractivity contribution is 0.120. The van der Waals surface area contributed by atoms with Gasteiger partial charge in [-0.25, -0.2) is 8.42 Å². The maximum atomic E-state index is 12.7. The fourth-order valence-electron chi connectivity index (χ4n) is 3.51. The maximum absolute atomic E-state index is 12.7. The Kier molecular flexibility index (Phi) is 5.74. The molecule has 0 amide bonds.